The standard InChI is InChI=1S/C34H66N2/c1-5-9-13-17-18-20-24-30-29(23-19-14-10-6-2)27-28-31(32(35)25-21-15-11-7-3)34(30)33(36)26-22-16-12-8-4/h20,24,27-34H,5-19,21-23,25-26,35-36H2,1-4H3/b24-20+. The summed E-state index contributed by atoms with van der Waals surface area (Å²) >= 11 is 0. The lowest BCUT2D eigenvalue weighted by Crippen LogP contribution is -2.48. The number of allylic oxidation sites excluding steroid dienone is 3. The topological polar surface area (TPSA) is 52.0 Å². The Bertz CT molecular complexity index is 539. The molecule has 4 N–H and O–H groups in total. The Labute approximate surface area is 227 Å². The molecule has 6 atom stereocenters. The van der Waals surface area contributed by atoms with Crippen molar-refractivity contribution in [2.45, 2.75) is 168 Å². The summed E-state index contributed by atoms with van der Waals surface area (Å²) in [6.45, 7) is 9.19. The van der Waals surface area contributed by atoms with Gasteiger partial charge in [0.15, 0.2) is 0 Å². The van der Waals surface area contributed by atoms with Crippen LogP contribution in [0.4, 0.5) is 0 Å². The average molecular weight is 503 g/mol. The van der Waals surface area contributed by atoms with Crippen LogP contribution in [0.1, 0.15) is 156 Å². The minimum Gasteiger partial charge on any atom is -0.327 e. The molecule has 1 aliphatic carbocycles. The molecule has 0 bridgehead atoms. The molecule has 0 amide bonds. The summed E-state index contributed by atoms with van der Waals surface area (Å²) < 4.78 is 0. The average Bonchev–Trinajstić information content (AvgIpc) is 2.89. The fraction of sp³-hybridized carbons (Fsp3) is 0.882. The maximum Gasteiger partial charge on any atom is 0.0105 e. The first-order valence-electron chi connectivity index (χ1n) is 16.5. The van der Waals surface area contributed by atoms with Crippen molar-refractivity contribution >= 4 is 0 Å². The highest BCUT2D eigenvalue weighted by atomic mass is 14.7. The van der Waals surface area contributed by atoms with Crippen molar-refractivity contribution in [3.8, 4) is 0 Å². The van der Waals surface area contributed by atoms with Gasteiger partial charge in [-0.25, -0.2) is 0 Å². The first-order chi connectivity index (χ1) is 17.6. The molecule has 0 aromatic heterocycles. The molecule has 0 spiro atoms. The molecule has 1 aliphatic rings. The third-order valence-corrected chi connectivity index (χ3v) is 8.71. The third-order valence-electron chi connectivity index (χ3n) is 8.71. The van der Waals surface area contributed by atoms with Gasteiger partial charge in [0.25, 0.3) is 0 Å². The van der Waals surface area contributed by atoms with Gasteiger partial charge in [-0.05, 0) is 55.8 Å². The van der Waals surface area contributed by atoms with E-state index in [0.29, 0.717) is 23.7 Å². The molecule has 212 valence electrons. The highest BCUT2D eigenvalue weighted by Gasteiger charge is 2.40. The summed E-state index contributed by atoms with van der Waals surface area (Å²) in [4.78, 5) is 0. The van der Waals surface area contributed by atoms with Gasteiger partial charge in [-0.2, -0.15) is 0 Å². The Morgan fingerprint density at radius 1 is 0.611 bits per heavy atom. The van der Waals surface area contributed by atoms with Crippen LogP contribution in [-0.2, 0) is 0 Å². The van der Waals surface area contributed by atoms with Gasteiger partial charge in [-0.3, -0.25) is 0 Å². The summed E-state index contributed by atoms with van der Waals surface area (Å²) in [5.74, 6) is 2.09. The van der Waals surface area contributed by atoms with Crippen molar-refractivity contribution in [2.24, 2.45) is 35.1 Å². The maximum absolute atomic E-state index is 7.11. The highest BCUT2D eigenvalue weighted by Crippen LogP contribution is 2.42. The Morgan fingerprint density at radius 3 is 1.72 bits per heavy atom. The van der Waals surface area contributed by atoms with Crippen LogP contribution >= 0.6 is 0 Å². The predicted molar refractivity (Wildman–Crippen MR) is 163 cm³/mol. The van der Waals surface area contributed by atoms with E-state index in [0.717, 1.165) is 12.8 Å². The zero-order chi connectivity index (χ0) is 26.4. The molecule has 0 radical (unpaired) electrons. The van der Waals surface area contributed by atoms with Gasteiger partial charge in [0.1, 0.15) is 0 Å². The fourth-order valence-corrected chi connectivity index (χ4v) is 6.38. The quantitative estimate of drug-likeness (QED) is 0.108. The predicted octanol–water partition coefficient (Wildman–Crippen LogP) is 10.1. The van der Waals surface area contributed by atoms with Crippen LogP contribution in [0.25, 0.3) is 0 Å². The van der Waals surface area contributed by atoms with Crippen molar-refractivity contribution in [3.63, 3.8) is 0 Å². The SMILES string of the molecule is CCCCCC/C=C/C1C(CCCCCC)C=CC(C(N)CCCCCC)C1C(N)CCCCCC. The molecule has 0 aliphatic heterocycles. The third kappa shape index (κ3) is 13.8. The molecule has 2 nitrogen and oxygen atoms in total. The summed E-state index contributed by atoms with van der Waals surface area (Å²) in [7, 11) is 0. The Balaban J connectivity index is 3.04. The monoisotopic (exact) mass is 503 g/mol. The molecule has 0 aromatic rings. The number of unbranched alkanes of at least 4 members (excludes halogenated alkanes) is 13. The van der Waals surface area contributed by atoms with Crippen LogP contribution in [0.3, 0.4) is 0 Å². The van der Waals surface area contributed by atoms with E-state index in [4.69, 9.17) is 11.5 Å². The normalized spacial score (nSPS) is 23.9. The molecule has 0 fully saturated rings. The molecule has 0 aromatic carbocycles. The molecular formula is C34H66N2. The second-order valence-corrected chi connectivity index (χ2v) is 11.9. The van der Waals surface area contributed by atoms with Crippen LogP contribution < -0.4 is 11.5 Å². The Morgan fingerprint density at radius 2 is 1.14 bits per heavy atom. The zero-order valence-electron chi connectivity index (χ0n) is 25.1. The molecule has 2 heteroatoms. The lowest BCUT2D eigenvalue weighted by atomic mass is 9.63. The van der Waals surface area contributed by atoms with Crippen molar-refractivity contribution in [1.82, 2.24) is 0 Å². The molecule has 0 saturated carbocycles. The van der Waals surface area contributed by atoms with Crippen LogP contribution in [0.15, 0.2) is 24.3 Å². The number of hydrogen-bond acceptors (Lipinski definition) is 2. The minimum atomic E-state index is 0.242. The second-order valence-electron chi connectivity index (χ2n) is 11.9. The number of hydrogen-bond donors (Lipinski definition) is 2. The summed E-state index contributed by atoms with van der Waals surface area (Å²) in [6.07, 6.45) is 36.1. The van der Waals surface area contributed by atoms with E-state index in [2.05, 4.69) is 52.0 Å². The first-order valence-corrected chi connectivity index (χ1v) is 16.5. The molecule has 6 unspecified atom stereocenters. The summed E-state index contributed by atoms with van der Waals surface area (Å²) in [5.41, 5.74) is 14.1. The minimum absolute atomic E-state index is 0.242. The van der Waals surface area contributed by atoms with Crippen molar-refractivity contribution < 1.29 is 0 Å². The van der Waals surface area contributed by atoms with E-state index < -0.39 is 0 Å². The van der Waals surface area contributed by atoms with E-state index in [9.17, 15) is 0 Å². The van der Waals surface area contributed by atoms with Crippen molar-refractivity contribution in [2.75, 3.05) is 0 Å². The molecule has 36 heavy (non-hydrogen) atoms. The van der Waals surface area contributed by atoms with Crippen LogP contribution in [0, 0.1) is 23.7 Å². The molecule has 0 heterocycles. The molecule has 0 saturated heterocycles. The summed E-state index contributed by atoms with van der Waals surface area (Å²) in [5, 5.41) is 0. The lowest BCUT2D eigenvalue weighted by molar-refractivity contribution is 0.159. The van der Waals surface area contributed by atoms with E-state index in [1.807, 2.05) is 0 Å². The van der Waals surface area contributed by atoms with Gasteiger partial charge in [-0.15, -0.1) is 0 Å². The second kappa shape index (κ2) is 22.4. The molecule has 1 rings (SSSR count). The Kier molecular flexibility index (Phi) is 20.8. The van der Waals surface area contributed by atoms with Crippen molar-refractivity contribution in [3.05, 3.63) is 24.3 Å². The van der Waals surface area contributed by atoms with E-state index >= 15 is 0 Å². The molecular weight excluding hydrogens is 436 g/mol. The van der Waals surface area contributed by atoms with Gasteiger partial charge >= 0.3 is 0 Å². The van der Waals surface area contributed by atoms with Gasteiger partial charge in [0.05, 0.1) is 0 Å². The van der Waals surface area contributed by atoms with E-state index in [1.165, 1.54) is 116 Å². The smallest absolute Gasteiger partial charge is 0.0105 e. The number of rotatable bonds is 23. The first kappa shape index (κ1) is 33.4. The van der Waals surface area contributed by atoms with Gasteiger partial charge in [0, 0.05) is 12.1 Å². The van der Waals surface area contributed by atoms with Gasteiger partial charge in [0.2, 0.25) is 0 Å². The van der Waals surface area contributed by atoms with Crippen LogP contribution in [-0.4, -0.2) is 12.1 Å². The van der Waals surface area contributed by atoms with Gasteiger partial charge in [-0.1, -0.05) is 148 Å². The van der Waals surface area contributed by atoms with Crippen LogP contribution in [0.5, 0.6) is 0 Å². The largest absolute Gasteiger partial charge is 0.327 e. The number of nitrogens with two attached hydrogens (primary N) is 2. The summed E-state index contributed by atoms with van der Waals surface area (Å²) in [6, 6.07) is 0.498. The fourth-order valence-electron chi connectivity index (χ4n) is 6.38. The van der Waals surface area contributed by atoms with E-state index in [1.54, 1.807) is 0 Å². The van der Waals surface area contributed by atoms with Crippen LogP contribution in [0.2, 0.25) is 0 Å². The van der Waals surface area contributed by atoms with E-state index in [-0.39, 0.29) is 12.1 Å². The highest BCUT2D eigenvalue weighted by molar-refractivity contribution is 5.14. The lowest BCUT2D eigenvalue weighted by Gasteiger charge is -2.44. The maximum atomic E-state index is 7.11. The van der Waals surface area contributed by atoms with Gasteiger partial charge < -0.3 is 11.5 Å². The Hall–Kier alpha value is -0.600. The van der Waals surface area contributed by atoms with Crippen molar-refractivity contribution in [1.29, 1.82) is 0 Å². The zero-order valence-corrected chi connectivity index (χ0v) is 25.1.